The number of hydrogen-bond donors (Lipinski definition) is 1. The Kier molecular flexibility index (Phi) is 4.00. The summed E-state index contributed by atoms with van der Waals surface area (Å²) >= 11 is 0. The van der Waals surface area contributed by atoms with E-state index in [0.29, 0.717) is 24.4 Å². The highest BCUT2D eigenvalue weighted by Gasteiger charge is 2.25. The summed E-state index contributed by atoms with van der Waals surface area (Å²) in [5, 5.41) is 3.62. The third-order valence-electron chi connectivity index (χ3n) is 3.36. The van der Waals surface area contributed by atoms with E-state index in [-0.39, 0.29) is 0 Å². The van der Waals surface area contributed by atoms with Crippen LogP contribution in [-0.2, 0) is 9.47 Å². The predicted molar refractivity (Wildman–Crippen MR) is 60.0 cm³/mol. The topological polar surface area (TPSA) is 30.5 Å². The second-order valence-corrected chi connectivity index (χ2v) is 4.97. The second-order valence-electron chi connectivity index (χ2n) is 4.97. The van der Waals surface area contributed by atoms with Gasteiger partial charge in [0.15, 0.2) is 0 Å². The summed E-state index contributed by atoms with van der Waals surface area (Å²) < 4.78 is 11.3. The molecule has 4 atom stereocenters. The van der Waals surface area contributed by atoms with Crippen molar-refractivity contribution in [2.75, 3.05) is 13.2 Å². The molecule has 0 radical (unpaired) electrons. The zero-order valence-electron chi connectivity index (χ0n) is 9.87. The number of ether oxygens (including phenoxy) is 2. The maximum Gasteiger partial charge on any atom is 0.0700 e. The lowest BCUT2D eigenvalue weighted by Gasteiger charge is -2.33. The maximum atomic E-state index is 5.72. The van der Waals surface area contributed by atoms with Gasteiger partial charge in [-0.3, -0.25) is 0 Å². The van der Waals surface area contributed by atoms with Gasteiger partial charge in [0.25, 0.3) is 0 Å². The van der Waals surface area contributed by atoms with Crippen LogP contribution in [0.1, 0.15) is 39.5 Å². The van der Waals surface area contributed by atoms with Crippen LogP contribution >= 0.6 is 0 Å². The van der Waals surface area contributed by atoms with Crippen molar-refractivity contribution in [2.45, 2.75) is 63.9 Å². The maximum absolute atomic E-state index is 5.72. The van der Waals surface area contributed by atoms with E-state index in [1.165, 1.54) is 12.8 Å². The van der Waals surface area contributed by atoms with E-state index in [1.54, 1.807) is 0 Å². The first-order valence-corrected chi connectivity index (χ1v) is 6.24. The smallest absolute Gasteiger partial charge is 0.0700 e. The third kappa shape index (κ3) is 3.44. The zero-order chi connectivity index (χ0) is 10.7. The van der Waals surface area contributed by atoms with Crippen molar-refractivity contribution in [1.82, 2.24) is 5.32 Å². The van der Waals surface area contributed by atoms with Crippen molar-refractivity contribution in [2.24, 2.45) is 0 Å². The van der Waals surface area contributed by atoms with Crippen LogP contribution in [0.3, 0.4) is 0 Å². The molecule has 2 heterocycles. The van der Waals surface area contributed by atoms with Gasteiger partial charge in [-0.1, -0.05) is 0 Å². The first kappa shape index (κ1) is 11.4. The lowest BCUT2D eigenvalue weighted by Crippen LogP contribution is -2.43. The van der Waals surface area contributed by atoms with Gasteiger partial charge in [-0.15, -0.1) is 0 Å². The molecule has 2 aliphatic heterocycles. The van der Waals surface area contributed by atoms with Crippen molar-refractivity contribution in [3.05, 3.63) is 0 Å². The fourth-order valence-corrected chi connectivity index (χ4v) is 2.68. The summed E-state index contributed by atoms with van der Waals surface area (Å²) in [5.74, 6) is 0. The Bertz CT molecular complexity index is 182. The summed E-state index contributed by atoms with van der Waals surface area (Å²) in [6.07, 6.45) is 5.98. The zero-order valence-corrected chi connectivity index (χ0v) is 9.87. The number of hydrogen-bond acceptors (Lipinski definition) is 3. The standard InChI is InChI=1S/C12H23NO2/c1-9-6-11(7-10(2)15-9)13-8-12-4-3-5-14-12/h9-13H,3-8H2,1-2H3/t9-,10+,11?,12-/m1/s1. The highest BCUT2D eigenvalue weighted by atomic mass is 16.5. The Hall–Kier alpha value is -0.120. The van der Waals surface area contributed by atoms with E-state index in [1.807, 2.05) is 0 Å². The fraction of sp³-hybridized carbons (Fsp3) is 1.00. The molecule has 1 unspecified atom stereocenters. The van der Waals surface area contributed by atoms with Crippen LogP contribution in [0, 0.1) is 0 Å². The summed E-state index contributed by atoms with van der Waals surface area (Å²) in [5.41, 5.74) is 0. The SMILES string of the molecule is C[C@@H]1CC(NC[C@H]2CCCO2)C[C@H](C)O1. The second kappa shape index (κ2) is 5.28. The van der Waals surface area contributed by atoms with Gasteiger partial charge in [-0.2, -0.15) is 0 Å². The summed E-state index contributed by atoms with van der Waals surface area (Å²) in [6.45, 7) is 6.30. The van der Waals surface area contributed by atoms with E-state index >= 15 is 0 Å². The Balaban J connectivity index is 1.69. The molecule has 88 valence electrons. The lowest BCUT2D eigenvalue weighted by atomic mass is 9.99. The molecule has 1 N–H and O–H groups in total. The van der Waals surface area contributed by atoms with Crippen LogP contribution < -0.4 is 5.32 Å². The van der Waals surface area contributed by atoms with Gasteiger partial charge in [-0.05, 0) is 39.5 Å². The first-order chi connectivity index (χ1) is 7.24. The van der Waals surface area contributed by atoms with E-state index in [9.17, 15) is 0 Å². The van der Waals surface area contributed by atoms with E-state index in [2.05, 4.69) is 19.2 Å². The molecular weight excluding hydrogens is 190 g/mol. The molecule has 0 aromatic heterocycles. The van der Waals surface area contributed by atoms with Gasteiger partial charge in [-0.25, -0.2) is 0 Å². The first-order valence-electron chi connectivity index (χ1n) is 6.24. The normalized spacial score (nSPS) is 42.0. The van der Waals surface area contributed by atoms with Gasteiger partial charge in [0.05, 0.1) is 18.3 Å². The average molecular weight is 213 g/mol. The molecule has 2 saturated heterocycles. The molecule has 15 heavy (non-hydrogen) atoms. The average Bonchev–Trinajstić information content (AvgIpc) is 2.65. The molecule has 0 amide bonds. The van der Waals surface area contributed by atoms with Gasteiger partial charge in [0.1, 0.15) is 0 Å². The molecule has 0 aliphatic carbocycles. The summed E-state index contributed by atoms with van der Waals surface area (Å²) in [6, 6.07) is 0.618. The molecule has 0 saturated carbocycles. The van der Waals surface area contributed by atoms with E-state index < -0.39 is 0 Å². The lowest BCUT2D eigenvalue weighted by molar-refractivity contribution is -0.0436. The molecular formula is C12H23NO2. The van der Waals surface area contributed by atoms with Crippen molar-refractivity contribution in [1.29, 1.82) is 0 Å². The van der Waals surface area contributed by atoms with Crippen LogP contribution in [0.15, 0.2) is 0 Å². The van der Waals surface area contributed by atoms with Gasteiger partial charge < -0.3 is 14.8 Å². The molecule has 3 nitrogen and oxygen atoms in total. The van der Waals surface area contributed by atoms with Crippen LogP contribution in [0.4, 0.5) is 0 Å². The molecule has 0 spiro atoms. The molecule has 0 bridgehead atoms. The van der Waals surface area contributed by atoms with E-state index in [0.717, 1.165) is 26.0 Å². The molecule has 2 fully saturated rings. The van der Waals surface area contributed by atoms with E-state index in [4.69, 9.17) is 9.47 Å². The Morgan fingerprint density at radius 3 is 2.53 bits per heavy atom. The van der Waals surface area contributed by atoms with Crippen LogP contribution in [-0.4, -0.2) is 37.5 Å². The monoisotopic (exact) mass is 213 g/mol. The number of rotatable bonds is 3. The minimum Gasteiger partial charge on any atom is -0.377 e. The summed E-state index contributed by atoms with van der Waals surface area (Å²) in [4.78, 5) is 0. The third-order valence-corrected chi connectivity index (χ3v) is 3.36. The van der Waals surface area contributed by atoms with Crippen molar-refractivity contribution in [3.63, 3.8) is 0 Å². The van der Waals surface area contributed by atoms with Crippen LogP contribution in [0.5, 0.6) is 0 Å². The van der Waals surface area contributed by atoms with Gasteiger partial charge >= 0.3 is 0 Å². The van der Waals surface area contributed by atoms with Crippen molar-refractivity contribution < 1.29 is 9.47 Å². The van der Waals surface area contributed by atoms with Gasteiger partial charge in [0.2, 0.25) is 0 Å². The highest BCUT2D eigenvalue weighted by Crippen LogP contribution is 2.19. The Morgan fingerprint density at radius 1 is 1.20 bits per heavy atom. The minimum absolute atomic E-state index is 0.399. The minimum atomic E-state index is 0.399. The van der Waals surface area contributed by atoms with Crippen molar-refractivity contribution >= 4 is 0 Å². The number of nitrogens with one attached hydrogen (secondary N) is 1. The molecule has 2 aliphatic rings. The quantitative estimate of drug-likeness (QED) is 0.774. The highest BCUT2D eigenvalue weighted by molar-refractivity contribution is 4.80. The van der Waals surface area contributed by atoms with Crippen molar-refractivity contribution in [3.8, 4) is 0 Å². The Labute approximate surface area is 92.5 Å². The molecule has 2 rings (SSSR count). The van der Waals surface area contributed by atoms with Crippen LogP contribution in [0.2, 0.25) is 0 Å². The molecule has 0 aromatic rings. The molecule has 0 aromatic carbocycles. The van der Waals surface area contributed by atoms with Gasteiger partial charge in [0, 0.05) is 19.2 Å². The Morgan fingerprint density at radius 2 is 1.93 bits per heavy atom. The summed E-state index contributed by atoms with van der Waals surface area (Å²) in [7, 11) is 0. The fourth-order valence-electron chi connectivity index (χ4n) is 2.68. The predicted octanol–water partition coefficient (Wildman–Crippen LogP) is 1.71. The van der Waals surface area contributed by atoms with Crippen LogP contribution in [0.25, 0.3) is 0 Å². The molecule has 3 heteroatoms. The largest absolute Gasteiger partial charge is 0.377 e.